The molecule has 1 saturated heterocycles. The molecule has 1 heterocycles. The average Bonchev–Trinajstić information content (AvgIpc) is 2.83. The minimum atomic E-state index is -0.620. The molecule has 1 fully saturated rings. The van der Waals surface area contributed by atoms with E-state index in [2.05, 4.69) is 5.32 Å². The van der Waals surface area contributed by atoms with Crippen LogP contribution in [0.25, 0.3) is 0 Å². The number of amides is 3. The first-order valence-electron chi connectivity index (χ1n) is 7.62. The molecular formula is C14H22N2O7. The maximum atomic E-state index is 11.5. The highest BCUT2D eigenvalue weighted by molar-refractivity contribution is 6.01. The van der Waals surface area contributed by atoms with Gasteiger partial charge in [0, 0.05) is 38.8 Å². The van der Waals surface area contributed by atoms with E-state index >= 15 is 0 Å². The number of hydrogen-bond acceptors (Lipinski definition) is 7. The van der Waals surface area contributed by atoms with Crippen LogP contribution in [0, 0.1) is 0 Å². The van der Waals surface area contributed by atoms with E-state index in [9.17, 15) is 19.2 Å². The Morgan fingerprint density at radius 3 is 2.43 bits per heavy atom. The van der Waals surface area contributed by atoms with Gasteiger partial charge in [-0.2, -0.15) is 0 Å². The molecule has 9 heteroatoms. The molecule has 0 aromatic carbocycles. The lowest BCUT2D eigenvalue weighted by Gasteiger charge is -2.12. The van der Waals surface area contributed by atoms with Crippen molar-refractivity contribution in [3.05, 3.63) is 0 Å². The molecule has 0 spiro atoms. The van der Waals surface area contributed by atoms with Gasteiger partial charge in [0.05, 0.1) is 6.61 Å². The number of unbranched alkanes of at least 4 members (excludes halogenated alkanes) is 2. The molecule has 1 aliphatic heterocycles. The first-order chi connectivity index (χ1) is 11.0. The minimum absolute atomic E-state index is 0.0298. The number of aliphatic hydroxyl groups is 1. The van der Waals surface area contributed by atoms with Crippen LogP contribution < -0.4 is 5.32 Å². The summed E-state index contributed by atoms with van der Waals surface area (Å²) in [6.45, 7) is 0.552. The Bertz CT molecular complexity index is 423. The Hall–Kier alpha value is -2.16. The number of carbonyl (C=O) groups excluding carboxylic acids is 4. The lowest BCUT2D eigenvalue weighted by atomic mass is 10.2. The molecule has 130 valence electrons. The van der Waals surface area contributed by atoms with Crippen LogP contribution in [0.5, 0.6) is 0 Å². The van der Waals surface area contributed by atoms with Crippen molar-refractivity contribution < 1.29 is 33.9 Å². The van der Waals surface area contributed by atoms with Crippen LogP contribution in [-0.2, 0) is 24.0 Å². The summed E-state index contributed by atoms with van der Waals surface area (Å²) in [5.41, 5.74) is 0. The third-order valence-corrected chi connectivity index (χ3v) is 3.06. The number of carbonyl (C=O) groups is 4. The van der Waals surface area contributed by atoms with Crippen molar-refractivity contribution in [3.8, 4) is 0 Å². The monoisotopic (exact) mass is 330 g/mol. The number of nitrogens with zero attached hydrogens (tertiary/aromatic N) is 1. The molecule has 2 N–H and O–H groups in total. The fourth-order valence-electron chi connectivity index (χ4n) is 1.85. The van der Waals surface area contributed by atoms with E-state index in [0.29, 0.717) is 37.3 Å². The van der Waals surface area contributed by atoms with Crippen molar-refractivity contribution in [2.45, 2.75) is 44.9 Å². The SMILES string of the molecule is O=C(CCCCCNC(=O)OCCCO)ON1C(=O)CCC1=O. The summed E-state index contributed by atoms with van der Waals surface area (Å²) in [5.74, 6) is -1.61. The van der Waals surface area contributed by atoms with Crippen molar-refractivity contribution in [1.29, 1.82) is 0 Å². The molecule has 0 bridgehead atoms. The van der Waals surface area contributed by atoms with Gasteiger partial charge in [-0.05, 0) is 12.8 Å². The highest BCUT2D eigenvalue weighted by atomic mass is 16.7. The molecular weight excluding hydrogens is 308 g/mol. The van der Waals surface area contributed by atoms with Crippen molar-refractivity contribution in [2.24, 2.45) is 0 Å². The number of aliphatic hydroxyl groups excluding tert-OH is 1. The summed E-state index contributed by atoms with van der Waals surface area (Å²) in [5, 5.41) is 11.6. The van der Waals surface area contributed by atoms with E-state index < -0.39 is 23.9 Å². The largest absolute Gasteiger partial charge is 0.449 e. The Balaban J connectivity index is 2.00. The summed E-state index contributed by atoms with van der Waals surface area (Å²) in [6, 6.07) is 0. The van der Waals surface area contributed by atoms with Crippen molar-refractivity contribution >= 4 is 23.9 Å². The Kier molecular flexibility index (Phi) is 8.66. The predicted octanol–water partition coefficient (Wildman–Crippen LogP) is 0.263. The smallest absolute Gasteiger partial charge is 0.407 e. The molecule has 0 atom stereocenters. The Morgan fingerprint density at radius 2 is 1.78 bits per heavy atom. The number of imide groups is 1. The molecule has 0 saturated carbocycles. The highest BCUT2D eigenvalue weighted by Gasteiger charge is 2.32. The van der Waals surface area contributed by atoms with Gasteiger partial charge in [-0.3, -0.25) is 9.59 Å². The van der Waals surface area contributed by atoms with Crippen molar-refractivity contribution in [2.75, 3.05) is 19.8 Å². The number of hydrogen-bond donors (Lipinski definition) is 2. The lowest BCUT2D eigenvalue weighted by Crippen LogP contribution is -2.32. The quantitative estimate of drug-likeness (QED) is 0.435. The van der Waals surface area contributed by atoms with E-state index in [0.717, 1.165) is 0 Å². The van der Waals surface area contributed by atoms with E-state index in [1.807, 2.05) is 0 Å². The fourth-order valence-corrected chi connectivity index (χ4v) is 1.85. The second kappa shape index (κ2) is 10.5. The number of nitrogens with one attached hydrogen (secondary N) is 1. The van der Waals surface area contributed by atoms with E-state index in [1.165, 1.54) is 0 Å². The molecule has 3 amide bonds. The summed E-state index contributed by atoms with van der Waals surface area (Å²) in [6.07, 6.45) is 1.96. The maximum absolute atomic E-state index is 11.5. The van der Waals surface area contributed by atoms with Gasteiger partial charge in [0.1, 0.15) is 0 Å². The summed E-state index contributed by atoms with van der Waals surface area (Å²) >= 11 is 0. The molecule has 0 unspecified atom stereocenters. The number of ether oxygens (including phenoxy) is 1. The van der Waals surface area contributed by atoms with Crippen molar-refractivity contribution in [1.82, 2.24) is 10.4 Å². The van der Waals surface area contributed by atoms with Gasteiger partial charge in [-0.1, -0.05) is 6.42 Å². The van der Waals surface area contributed by atoms with Gasteiger partial charge in [-0.25, -0.2) is 9.59 Å². The molecule has 1 rings (SSSR count). The summed E-state index contributed by atoms with van der Waals surface area (Å²) < 4.78 is 4.77. The normalized spacial score (nSPS) is 14.0. The topological polar surface area (TPSA) is 122 Å². The van der Waals surface area contributed by atoms with Crippen LogP contribution in [0.3, 0.4) is 0 Å². The molecule has 0 aromatic heterocycles. The van der Waals surface area contributed by atoms with Crippen LogP contribution in [0.15, 0.2) is 0 Å². The number of hydroxylamine groups is 2. The summed E-state index contributed by atoms with van der Waals surface area (Å²) in [7, 11) is 0. The van der Waals surface area contributed by atoms with Gasteiger partial charge in [0.2, 0.25) is 0 Å². The molecule has 0 radical (unpaired) electrons. The molecule has 0 aromatic rings. The molecule has 0 aliphatic carbocycles. The second-order valence-electron chi connectivity index (χ2n) is 5.00. The predicted molar refractivity (Wildman–Crippen MR) is 76.7 cm³/mol. The molecule has 1 aliphatic rings. The third kappa shape index (κ3) is 7.59. The van der Waals surface area contributed by atoms with E-state index in [4.69, 9.17) is 14.7 Å². The van der Waals surface area contributed by atoms with Crippen LogP contribution in [0.2, 0.25) is 0 Å². The lowest BCUT2D eigenvalue weighted by molar-refractivity contribution is -0.197. The van der Waals surface area contributed by atoms with E-state index in [-0.39, 0.29) is 32.5 Å². The van der Waals surface area contributed by atoms with Crippen LogP contribution >= 0.6 is 0 Å². The maximum Gasteiger partial charge on any atom is 0.407 e. The van der Waals surface area contributed by atoms with Crippen LogP contribution in [-0.4, -0.2) is 53.8 Å². The first kappa shape index (κ1) is 18.9. The standard InChI is InChI=1S/C14H22N2O7/c17-9-4-10-22-14(21)15-8-3-1-2-5-13(20)23-16-11(18)6-7-12(16)19/h17H,1-10H2,(H,15,21). The van der Waals surface area contributed by atoms with Crippen LogP contribution in [0.1, 0.15) is 44.9 Å². The fraction of sp³-hybridized carbons (Fsp3) is 0.714. The van der Waals surface area contributed by atoms with E-state index in [1.54, 1.807) is 0 Å². The third-order valence-electron chi connectivity index (χ3n) is 3.06. The Morgan fingerprint density at radius 1 is 1.09 bits per heavy atom. The first-order valence-corrected chi connectivity index (χ1v) is 7.62. The van der Waals surface area contributed by atoms with Gasteiger partial charge < -0.3 is 20.0 Å². The summed E-state index contributed by atoms with van der Waals surface area (Å²) in [4.78, 5) is 49.9. The number of rotatable bonds is 10. The zero-order valence-corrected chi connectivity index (χ0v) is 12.9. The van der Waals surface area contributed by atoms with Gasteiger partial charge >= 0.3 is 12.1 Å². The zero-order valence-electron chi connectivity index (χ0n) is 12.9. The van der Waals surface area contributed by atoms with Gasteiger partial charge in [0.15, 0.2) is 0 Å². The molecule has 9 nitrogen and oxygen atoms in total. The zero-order chi connectivity index (χ0) is 17.1. The average molecular weight is 330 g/mol. The number of alkyl carbamates (subject to hydrolysis) is 1. The minimum Gasteiger partial charge on any atom is -0.449 e. The molecule has 23 heavy (non-hydrogen) atoms. The van der Waals surface area contributed by atoms with Gasteiger partial charge in [-0.15, -0.1) is 5.06 Å². The Labute approximate surface area is 133 Å². The second-order valence-corrected chi connectivity index (χ2v) is 5.00. The van der Waals surface area contributed by atoms with Crippen molar-refractivity contribution in [3.63, 3.8) is 0 Å². The van der Waals surface area contributed by atoms with Gasteiger partial charge in [0.25, 0.3) is 11.8 Å². The highest BCUT2D eigenvalue weighted by Crippen LogP contribution is 2.13. The van der Waals surface area contributed by atoms with Crippen LogP contribution in [0.4, 0.5) is 4.79 Å².